The van der Waals surface area contributed by atoms with Crippen LogP contribution in [-0.2, 0) is 16.1 Å². The summed E-state index contributed by atoms with van der Waals surface area (Å²) < 4.78 is 0. The third-order valence-electron chi connectivity index (χ3n) is 4.63. The Labute approximate surface area is 141 Å². The first-order chi connectivity index (χ1) is 11.0. The highest BCUT2D eigenvalue weighted by Crippen LogP contribution is 2.25. The van der Waals surface area contributed by atoms with E-state index in [0.717, 1.165) is 5.56 Å². The molecule has 0 radical (unpaired) electrons. The summed E-state index contributed by atoms with van der Waals surface area (Å²) in [6, 6.07) is 7.08. The van der Waals surface area contributed by atoms with Crippen LogP contribution >= 0.6 is 11.6 Å². The highest BCUT2D eigenvalue weighted by atomic mass is 35.5. The van der Waals surface area contributed by atoms with Gasteiger partial charge in [-0.15, -0.1) is 0 Å². The number of piperazine rings is 1. The lowest BCUT2D eigenvalue weighted by Gasteiger charge is -2.36. The van der Waals surface area contributed by atoms with E-state index in [-0.39, 0.29) is 29.8 Å². The van der Waals surface area contributed by atoms with E-state index in [9.17, 15) is 9.59 Å². The number of halogens is 1. The van der Waals surface area contributed by atoms with Gasteiger partial charge < -0.3 is 15.5 Å². The molecule has 2 aliphatic heterocycles. The van der Waals surface area contributed by atoms with Gasteiger partial charge in [0.15, 0.2) is 0 Å². The standard InChI is InChI=1S/C17H22ClN3O2/c1-10(2)15-17(23)21-9-13(7-14(21)16(22)20-15)19-8-11-3-5-12(18)6-4-11/h3-6,10,13-15,19H,7-9H2,1-2H3,(H,20,22)/t13-,14-,15+/m0/s1. The third-order valence-corrected chi connectivity index (χ3v) is 4.88. The monoisotopic (exact) mass is 335 g/mol. The number of carbonyl (C=O) groups excluding carboxylic acids is 2. The predicted molar refractivity (Wildman–Crippen MR) is 89.0 cm³/mol. The lowest BCUT2D eigenvalue weighted by Crippen LogP contribution is -2.62. The van der Waals surface area contributed by atoms with Crippen LogP contribution in [0.15, 0.2) is 24.3 Å². The van der Waals surface area contributed by atoms with Crippen molar-refractivity contribution in [1.29, 1.82) is 0 Å². The molecule has 0 aromatic heterocycles. The van der Waals surface area contributed by atoms with E-state index < -0.39 is 6.04 Å². The smallest absolute Gasteiger partial charge is 0.246 e. The second kappa shape index (κ2) is 6.49. The van der Waals surface area contributed by atoms with Crippen molar-refractivity contribution in [2.24, 2.45) is 5.92 Å². The SMILES string of the molecule is CC(C)[C@H]1NC(=O)[C@@H]2C[C@H](NCc3ccc(Cl)cc3)CN2C1=O. The number of hydrogen-bond acceptors (Lipinski definition) is 3. The van der Waals surface area contributed by atoms with E-state index in [1.54, 1.807) is 4.90 Å². The van der Waals surface area contributed by atoms with Gasteiger partial charge >= 0.3 is 0 Å². The first-order valence-corrected chi connectivity index (χ1v) is 8.42. The number of nitrogens with one attached hydrogen (secondary N) is 2. The molecule has 2 fully saturated rings. The number of nitrogens with zero attached hydrogens (tertiary/aromatic N) is 1. The number of fused-ring (bicyclic) bond motifs is 1. The van der Waals surface area contributed by atoms with E-state index in [2.05, 4.69) is 10.6 Å². The molecule has 0 aliphatic carbocycles. The fourth-order valence-electron chi connectivity index (χ4n) is 3.28. The van der Waals surface area contributed by atoms with Gasteiger partial charge in [-0.2, -0.15) is 0 Å². The van der Waals surface area contributed by atoms with Gasteiger partial charge in [0.2, 0.25) is 11.8 Å². The number of amides is 2. The van der Waals surface area contributed by atoms with E-state index in [0.29, 0.717) is 24.5 Å². The lowest BCUT2D eigenvalue weighted by molar-refractivity contribution is -0.148. The van der Waals surface area contributed by atoms with Gasteiger partial charge in [0, 0.05) is 24.2 Å². The Morgan fingerprint density at radius 2 is 2.00 bits per heavy atom. The molecule has 3 atom stereocenters. The average molecular weight is 336 g/mol. The fourth-order valence-corrected chi connectivity index (χ4v) is 3.41. The van der Waals surface area contributed by atoms with Crippen molar-refractivity contribution in [1.82, 2.24) is 15.5 Å². The molecule has 0 unspecified atom stereocenters. The zero-order valence-electron chi connectivity index (χ0n) is 13.4. The molecule has 2 heterocycles. The number of rotatable bonds is 4. The molecule has 0 saturated carbocycles. The van der Waals surface area contributed by atoms with E-state index in [1.807, 2.05) is 38.1 Å². The van der Waals surface area contributed by atoms with E-state index in [1.165, 1.54) is 0 Å². The van der Waals surface area contributed by atoms with Crippen LogP contribution in [-0.4, -0.2) is 41.4 Å². The molecule has 2 N–H and O–H groups in total. The van der Waals surface area contributed by atoms with Crippen LogP contribution in [0.1, 0.15) is 25.8 Å². The van der Waals surface area contributed by atoms with E-state index >= 15 is 0 Å². The molecular formula is C17H22ClN3O2. The summed E-state index contributed by atoms with van der Waals surface area (Å²) >= 11 is 5.88. The Hall–Kier alpha value is -1.59. The number of benzene rings is 1. The fraction of sp³-hybridized carbons (Fsp3) is 0.529. The molecule has 3 rings (SSSR count). The normalized spacial score (nSPS) is 27.3. The van der Waals surface area contributed by atoms with Crippen molar-refractivity contribution < 1.29 is 9.59 Å². The zero-order valence-corrected chi connectivity index (χ0v) is 14.1. The van der Waals surface area contributed by atoms with Gasteiger partial charge in [-0.1, -0.05) is 37.6 Å². The summed E-state index contributed by atoms with van der Waals surface area (Å²) in [5, 5.41) is 7.02. The molecular weight excluding hydrogens is 314 g/mol. The molecule has 2 amide bonds. The zero-order chi connectivity index (χ0) is 16.6. The first-order valence-electron chi connectivity index (χ1n) is 8.04. The average Bonchev–Trinajstić information content (AvgIpc) is 2.95. The summed E-state index contributed by atoms with van der Waals surface area (Å²) in [6.45, 7) is 5.20. The summed E-state index contributed by atoms with van der Waals surface area (Å²) in [6.07, 6.45) is 0.663. The van der Waals surface area contributed by atoms with Crippen LogP contribution in [0.2, 0.25) is 5.02 Å². The van der Waals surface area contributed by atoms with Crippen LogP contribution in [0.4, 0.5) is 0 Å². The van der Waals surface area contributed by atoms with Gasteiger partial charge in [-0.05, 0) is 30.0 Å². The van der Waals surface area contributed by atoms with E-state index in [4.69, 9.17) is 11.6 Å². The Morgan fingerprint density at radius 3 is 2.65 bits per heavy atom. The maximum Gasteiger partial charge on any atom is 0.246 e. The lowest BCUT2D eigenvalue weighted by atomic mass is 9.98. The number of carbonyl (C=O) groups is 2. The minimum Gasteiger partial charge on any atom is -0.342 e. The molecule has 0 spiro atoms. The van der Waals surface area contributed by atoms with Crippen LogP contribution in [0.25, 0.3) is 0 Å². The molecule has 124 valence electrons. The van der Waals surface area contributed by atoms with Gasteiger partial charge in [-0.3, -0.25) is 9.59 Å². The summed E-state index contributed by atoms with van der Waals surface area (Å²) in [5.41, 5.74) is 1.13. The maximum absolute atomic E-state index is 12.5. The summed E-state index contributed by atoms with van der Waals surface area (Å²) in [4.78, 5) is 26.5. The van der Waals surface area contributed by atoms with Gasteiger partial charge in [0.25, 0.3) is 0 Å². The van der Waals surface area contributed by atoms with Crippen molar-refractivity contribution in [3.05, 3.63) is 34.9 Å². The van der Waals surface area contributed by atoms with Crippen molar-refractivity contribution >= 4 is 23.4 Å². The Balaban J connectivity index is 1.62. The Bertz CT molecular complexity index is 602. The van der Waals surface area contributed by atoms with Crippen molar-refractivity contribution in [2.45, 2.75) is 44.9 Å². The molecule has 6 heteroatoms. The molecule has 23 heavy (non-hydrogen) atoms. The first kappa shape index (κ1) is 16.3. The van der Waals surface area contributed by atoms with Gasteiger partial charge in [0.05, 0.1) is 0 Å². The third kappa shape index (κ3) is 3.35. The predicted octanol–water partition coefficient (Wildman–Crippen LogP) is 1.55. The largest absolute Gasteiger partial charge is 0.342 e. The highest BCUT2D eigenvalue weighted by Gasteiger charge is 2.46. The minimum atomic E-state index is -0.395. The molecule has 1 aromatic carbocycles. The van der Waals surface area contributed by atoms with Crippen molar-refractivity contribution in [2.75, 3.05) is 6.54 Å². The topological polar surface area (TPSA) is 61.4 Å². The highest BCUT2D eigenvalue weighted by molar-refractivity contribution is 6.30. The maximum atomic E-state index is 12.5. The van der Waals surface area contributed by atoms with Gasteiger partial charge in [-0.25, -0.2) is 0 Å². The van der Waals surface area contributed by atoms with Crippen LogP contribution in [0, 0.1) is 5.92 Å². The second-order valence-electron chi connectivity index (χ2n) is 6.68. The molecule has 5 nitrogen and oxygen atoms in total. The molecule has 1 aromatic rings. The molecule has 2 saturated heterocycles. The second-order valence-corrected chi connectivity index (χ2v) is 7.11. The summed E-state index contributed by atoms with van der Waals surface area (Å²) in [5.74, 6) is 0.118. The van der Waals surface area contributed by atoms with Crippen LogP contribution in [0.5, 0.6) is 0 Å². The quantitative estimate of drug-likeness (QED) is 0.877. The molecule has 0 bridgehead atoms. The van der Waals surface area contributed by atoms with Crippen LogP contribution < -0.4 is 10.6 Å². The van der Waals surface area contributed by atoms with Crippen molar-refractivity contribution in [3.8, 4) is 0 Å². The van der Waals surface area contributed by atoms with Crippen molar-refractivity contribution in [3.63, 3.8) is 0 Å². The Kier molecular flexibility index (Phi) is 4.60. The summed E-state index contributed by atoms with van der Waals surface area (Å²) in [7, 11) is 0. The Morgan fingerprint density at radius 1 is 1.30 bits per heavy atom. The van der Waals surface area contributed by atoms with Gasteiger partial charge in [0.1, 0.15) is 12.1 Å². The van der Waals surface area contributed by atoms with Crippen LogP contribution in [0.3, 0.4) is 0 Å². The number of hydrogen-bond donors (Lipinski definition) is 2. The minimum absolute atomic E-state index is 0.0286. The molecule has 2 aliphatic rings.